The highest BCUT2D eigenvalue weighted by Gasteiger charge is 2.25. The van der Waals surface area contributed by atoms with Crippen LogP contribution in [0.25, 0.3) is 10.2 Å². The Bertz CT molecular complexity index is 1120. The Labute approximate surface area is 164 Å². The molecule has 4 rings (SSSR count). The number of hydrogen-bond acceptors (Lipinski definition) is 6. The van der Waals surface area contributed by atoms with Crippen LogP contribution in [-0.2, 0) is 6.54 Å². The monoisotopic (exact) mass is 398 g/mol. The molecule has 3 aromatic heterocycles. The maximum absolute atomic E-state index is 13.1. The van der Waals surface area contributed by atoms with Crippen LogP contribution >= 0.6 is 22.9 Å². The predicted octanol–water partition coefficient (Wildman–Crippen LogP) is 4.80. The van der Waals surface area contributed by atoms with E-state index in [2.05, 4.69) is 15.1 Å². The Morgan fingerprint density at radius 2 is 2.15 bits per heavy atom. The van der Waals surface area contributed by atoms with Gasteiger partial charge in [-0.05, 0) is 43.2 Å². The van der Waals surface area contributed by atoms with Gasteiger partial charge in [0.2, 0.25) is 5.76 Å². The van der Waals surface area contributed by atoms with E-state index in [1.165, 1.54) is 11.3 Å². The number of amides is 1. The van der Waals surface area contributed by atoms with Crippen molar-refractivity contribution in [3.05, 3.63) is 70.3 Å². The molecule has 0 spiro atoms. The highest BCUT2D eigenvalue weighted by atomic mass is 35.5. The lowest BCUT2D eigenvalue weighted by Crippen LogP contribution is -2.30. The highest BCUT2D eigenvalue weighted by Crippen LogP contribution is 2.34. The van der Waals surface area contributed by atoms with Gasteiger partial charge in [0.1, 0.15) is 0 Å². The first kappa shape index (κ1) is 17.6. The molecule has 1 amide bonds. The zero-order chi connectivity index (χ0) is 19.0. The smallest absolute Gasteiger partial charge is 0.298 e. The normalized spacial score (nSPS) is 11.1. The van der Waals surface area contributed by atoms with Crippen molar-refractivity contribution in [1.82, 2.24) is 15.1 Å². The summed E-state index contributed by atoms with van der Waals surface area (Å²) in [6.45, 7) is 4.01. The number of rotatable bonds is 4. The molecule has 6 nitrogen and oxygen atoms in total. The van der Waals surface area contributed by atoms with Crippen LogP contribution in [0.5, 0.6) is 0 Å². The van der Waals surface area contributed by atoms with E-state index in [4.69, 9.17) is 16.1 Å². The summed E-state index contributed by atoms with van der Waals surface area (Å²) in [7, 11) is 0. The van der Waals surface area contributed by atoms with E-state index in [-0.39, 0.29) is 11.7 Å². The lowest BCUT2D eigenvalue weighted by molar-refractivity contribution is 0.0949. The fraction of sp³-hybridized carbons (Fsp3) is 0.158. The minimum Gasteiger partial charge on any atom is -0.351 e. The number of pyridine rings is 1. The van der Waals surface area contributed by atoms with E-state index in [9.17, 15) is 4.79 Å². The molecule has 27 heavy (non-hydrogen) atoms. The molecule has 0 radical (unpaired) electrons. The van der Waals surface area contributed by atoms with Crippen LogP contribution in [0.3, 0.4) is 0 Å². The second-order valence-electron chi connectivity index (χ2n) is 6.10. The summed E-state index contributed by atoms with van der Waals surface area (Å²) in [6.07, 6.45) is 3.42. The van der Waals surface area contributed by atoms with Crippen molar-refractivity contribution < 1.29 is 9.32 Å². The van der Waals surface area contributed by atoms with E-state index in [1.807, 2.05) is 31.2 Å². The molecule has 0 fully saturated rings. The molecule has 0 aliphatic heterocycles. The number of halogens is 1. The van der Waals surface area contributed by atoms with Crippen LogP contribution in [0.2, 0.25) is 5.02 Å². The van der Waals surface area contributed by atoms with Crippen LogP contribution in [0, 0.1) is 13.8 Å². The lowest BCUT2D eigenvalue weighted by atomic mass is 10.2. The topological polar surface area (TPSA) is 72.1 Å². The molecule has 4 aromatic rings. The van der Waals surface area contributed by atoms with Crippen molar-refractivity contribution in [2.24, 2.45) is 0 Å². The van der Waals surface area contributed by atoms with Gasteiger partial charge in [0.15, 0.2) is 5.13 Å². The Hall–Kier alpha value is -2.77. The molecule has 3 heterocycles. The van der Waals surface area contributed by atoms with Crippen LogP contribution in [0.4, 0.5) is 5.13 Å². The highest BCUT2D eigenvalue weighted by molar-refractivity contribution is 7.22. The molecule has 0 aliphatic carbocycles. The summed E-state index contributed by atoms with van der Waals surface area (Å²) < 4.78 is 6.14. The van der Waals surface area contributed by atoms with Gasteiger partial charge in [-0.1, -0.05) is 34.2 Å². The Balaban J connectivity index is 1.79. The third-order valence-electron chi connectivity index (χ3n) is 4.11. The molecular weight excluding hydrogens is 384 g/mol. The van der Waals surface area contributed by atoms with Gasteiger partial charge in [-0.15, -0.1) is 0 Å². The number of hydrogen-bond donors (Lipinski definition) is 0. The Morgan fingerprint density at radius 1 is 1.30 bits per heavy atom. The van der Waals surface area contributed by atoms with E-state index < -0.39 is 0 Å². The first-order valence-corrected chi connectivity index (χ1v) is 9.42. The standard InChI is InChI=1S/C19H15ClN4O2S/c1-11-8-15(26-23-11)18(25)24(10-13-4-3-7-21-9-13)19-22-17-12(2)14(20)5-6-16(17)27-19/h3-9H,10H2,1-2H3. The maximum atomic E-state index is 13.1. The lowest BCUT2D eigenvalue weighted by Gasteiger charge is -2.18. The summed E-state index contributed by atoms with van der Waals surface area (Å²) in [5.41, 5.74) is 3.21. The van der Waals surface area contributed by atoms with Gasteiger partial charge >= 0.3 is 0 Å². The molecule has 136 valence electrons. The molecule has 8 heteroatoms. The average molecular weight is 399 g/mol. The van der Waals surface area contributed by atoms with Crippen molar-refractivity contribution in [1.29, 1.82) is 0 Å². The summed E-state index contributed by atoms with van der Waals surface area (Å²) in [4.78, 5) is 23.5. The number of nitrogens with zero attached hydrogens (tertiary/aromatic N) is 4. The van der Waals surface area contributed by atoms with Crippen molar-refractivity contribution in [3.8, 4) is 0 Å². The SMILES string of the molecule is Cc1cc(C(=O)N(Cc2cccnc2)c2nc3c(C)c(Cl)ccc3s2)on1. The second-order valence-corrected chi connectivity index (χ2v) is 7.52. The minimum absolute atomic E-state index is 0.172. The Kier molecular flexibility index (Phi) is 4.63. The number of fused-ring (bicyclic) bond motifs is 1. The van der Waals surface area contributed by atoms with E-state index >= 15 is 0 Å². The van der Waals surface area contributed by atoms with Gasteiger partial charge in [-0.3, -0.25) is 14.7 Å². The molecule has 0 unspecified atom stereocenters. The second kappa shape index (κ2) is 7.09. The van der Waals surface area contributed by atoms with Gasteiger partial charge in [-0.2, -0.15) is 0 Å². The minimum atomic E-state index is -0.303. The molecule has 0 bridgehead atoms. The largest absolute Gasteiger partial charge is 0.351 e. The number of carbonyl (C=O) groups is 1. The summed E-state index contributed by atoms with van der Waals surface area (Å²) >= 11 is 7.65. The first-order valence-electron chi connectivity index (χ1n) is 8.22. The van der Waals surface area contributed by atoms with E-state index in [0.29, 0.717) is 22.4 Å². The zero-order valence-corrected chi connectivity index (χ0v) is 16.2. The Morgan fingerprint density at radius 3 is 2.85 bits per heavy atom. The first-order chi connectivity index (χ1) is 13.0. The number of thiazole rings is 1. The summed E-state index contributed by atoms with van der Waals surface area (Å²) in [5, 5.41) is 5.04. The van der Waals surface area contributed by atoms with Crippen molar-refractivity contribution in [2.45, 2.75) is 20.4 Å². The summed E-state index contributed by atoms with van der Waals surface area (Å²) in [6, 6.07) is 9.12. The molecule has 0 saturated heterocycles. The third kappa shape index (κ3) is 3.43. The van der Waals surface area contributed by atoms with Gasteiger partial charge < -0.3 is 4.52 Å². The van der Waals surface area contributed by atoms with Gasteiger partial charge in [0, 0.05) is 23.5 Å². The summed E-state index contributed by atoms with van der Waals surface area (Å²) in [5.74, 6) is -0.132. The van der Waals surface area contributed by atoms with Gasteiger partial charge in [-0.25, -0.2) is 4.98 Å². The molecule has 0 aliphatic rings. The molecule has 0 saturated carbocycles. The van der Waals surface area contributed by atoms with Gasteiger partial charge in [0.25, 0.3) is 5.91 Å². The third-order valence-corrected chi connectivity index (χ3v) is 5.57. The van der Waals surface area contributed by atoms with Gasteiger partial charge in [0.05, 0.1) is 22.5 Å². The van der Waals surface area contributed by atoms with E-state index in [1.54, 1.807) is 30.3 Å². The number of benzene rings is 1. The number of aromatic nitrogens is 3. The fourth-order valence-electron chi connectivity index (χ4n) is 2.70. The van der Waals surface area contributed by atoms with Crippen LogP contribution in [0.1, 0.15) is 27.4 Å². The molecule has 1 aromatic carbocycles. The maximum Gasteiger partial charge on any atom is 0.298 e. The number of anilines is 1. The average Bonchev–Trinajstić information content (AvgIpc) is 3.30. The van der Waals surface area contributed by atoms with Crippen molar-refractivity contribution in [3.63, 3.8) is 0 Å². The molecule has 0 N–H and O–H groups in total. The molecule has 0 atom stereocenters. The quantitative estimate of drug-likeness (QED) is 0.494. The van der Waals surface area contributed by atoms with Crippen LogP contribution in [-0.4, -0.2) is 21.0 Å². The van der Waals surface area contributed by atoms with E-state index in [0.717, 1.165) is 21.3 Å². The zero-order valence-electron chi connectivity index (χ0n) is 14.6. The fourth-order valence-corrected chi connectivity index (χ4v) is 3.88. The number of carbonyl (C=O) groups excluding carboxylic acids is 1. The van der Waals surface area contributed by atoms with Crippen LogP contribution < -0.4 is 4.90 Å². The van der Waals surface area contributed by atoms with Crippen LogP contribution in [0.15, 0.2) is 47.2 Å². The van der Waals surface area contributed by atoms with Crippen molar-refractivity contribution in [2.75, 3.05) is 4.90 Å². The number of aryl methyl sites for hydroxylation is 2. The predicted molar refractivity (Wildman–Crippen MR) is 105 cm³/mol. The van der Waals surface area contributed by atoms with Crippen molar-refractivity contribution >= 4 is 44.2 Å². The molecular formula is C19H15ClN4O2S.